The second-order valence-electron chi connectivity index (χ2n) is 5.82. The maximum Gasteiger partial charge on any atom is 0.244 e. The lowest BCUT2D eigenvalue weighted by atomic mass is 10.2. The number of hydrogen-bond acceptors (Lipinski definition) is 3. The lowest BCUT2D eigenvalue weighted by molar-refractivity contribution is -0.132. The highest BCUT2D eigenvalue weighted by molar-refractivity contribution is 7.89. The zero-order chi connectivity index (χ0) is 17.7. The van der Waals surface area contributed by atoms with Gasteiger partial charge in [0.1, 0.15) is 4.90 Å². The summed E-state index contributed by atoms with van der Waals surface area (Å²) in [7, 11) is -3.71. The predicted molar refractivity (Wildman–Crippen MR) is 95.9 cm³/mol. The van der Waals surface area contributed by atoms with E-state index in [0.717, 1.165) is 19.3 Å². The molecule has 1 aliphatic rings. The van der Waals surface area contributed by atoms with Gasteiger partial charge in [0.15, 0.2) is 0 Å². The van der Waals surface area contributed by atoms with Crippen LogP contribution in [-0.4, -0.2) is 49.7 Å². The first kappa shape index (κ1) is 19.5. The molecule has 2 rings (SSSR count). The first-order valence-electron chi connectivity index (χ1n) is 8.09. The molecule has 0 N–H and O–H groups in total. The van der Waals surface area contributed by atoms with Gasteiger partial charge in [-0.2, -0.15) is 4.31 Å². The summed E-state index contributed by atoms with van der Waals surface area (Å²) in [6.07, 6.45) is 3.51. The minimum absolute atomic E-state index is 0.0133. The molecule has 5 nitrogen and oxygen atoms in total. The smallest absolute Gasteiger partial charge is 0.244 e. The molecule has 1 aliphatic heterocycles. The van der Waals surface area contributed by atoms with Gasteiger partial charge in [-0.15, -0.1) is 0 Å². The van der Waals surface area contributed by atoms with Crippen LogP contribution in [0.15, 0.2) is 23.1 Å². The zero-order valence-corrected chi connectivity index (χ0v) is 16.0. The molecule has 0 atom stereocenters. The monoisotopic (exact) mass is 392 g/mol. The van der Waals surface area contributed by atoms with Crippen molar-refractivity contribution >= 4 is 39.1 Å². The second kappa shape index (κ2) is 8.52. The number of rotatable bonds is 6. The first-order chi connectivity index (χ1) is 11.4. The number of halogens is 2. The van der Waals surface area contributed by atoms with Crippen molar-refractivity contribution in [2.24, 2.45) is 0 Å². The topological polar surface area (TPSA) is 57.7 Å². The number of nitrogens with zero attached hydrogens (tertiary/aromatic N) is 2. The Balaban J connectivity index is 2.01. The lowest BCUT2D eigenvalue weighted by Gasteiger charge is -2.34. The van der Waals surface area contributed by atoms with Crippen molar-refractivity contribution in [2.75, 3.05) is 26.2 Å². The van der Waals surface area contributed by atoms with E-state index in [1.165, 1.54) is 16.4 Å². The first-order valence-corrected chi connectivity index (χ1v) is 10.3. The van der Waals surface area contributed by atoms with Crippen molar-refractivity contribution in [1.29, 1.82) is 0 Å². The highest BCUT2D eigenvalue weighted by Crippen LogP contribution is 2.28. The Labute approximate surface area is 153 Å². The van der Waals surface area contributed by atoms with Crippen LogP contribution in [0.25, 0.3) is 0 Å². The molecule has 1 aromatic carbocycles. The molecule has 0 unspecified atom stereocenters. The van der Waals surface area contributed by atoms with Gasteiger partial charge in [-0.1, -0.05) is 43.0 Å². The molecular formula is C16H22Cl2N2O3S. The standard InChI is InChI=1S/C16H22Cl2N2O3S/c1-2-3-4-5-16(21)19-8-10-20(11-9-19)24(22,23)15-12-13(17)6-7-14(15)18/h6-7,12H,2-5,8-11H2,1H3. The predicted octanol–water partition coefficient (Wildman–Crippen LogP) is 3.41. The molecule has 1 amide bonds. The van der Waals surface area contributed by atoms with E-state index in [2.05, 4.69) is 6.92 Å². The quantitative estimate of drug-likeness (QED) is 0.696. The van der Waals surface area contributed by atoms with E-state index in [-0.39, 0.29) is 28.9 Å². The van der Waals surface area contributed by atoms with Crippen molar-refractivity contribution in [3.63, 3.8) is 0 Å². The van der Waals surface area contributed by atoms with Gasteiger partial charge >= 0.3 is 0 Å². The van der Waals surface area contributed by atoms with Crippen molar-refractivity contribution < 1.29 is 13.2 Å². The van der Waals surface area contributed by atoms with Gasteiger partial charge in [0.25, 0.3) is 0 Å². The van der Waals surface area contributed by atoms with E-state index in [0.29, 0.717) is 24.5 Å². The summed E-state index contributed by atoms with van der Waals surface area (Å²) < 4.78 is 26.8. The zero-order valence-electron chi connectivity index (χ0n) is 13.7. The number of piperazine rings is 1. The molecule has 1 aromatic rings. The number of carbonyl (C=O) groups is 1. The van der Waals surface area contributed by atoms with Crippen LogP contribution in [0, 0.1) is 0 Å². The molecule has 0 aliphatic carbocycles. The summed E-state index contributed by atoms with van der Waals surface area (Å²) >= 11 is 11.9. The van der Waals surface area contributed by atoms with Gasteiger partial charge in [-0.3, -0.25) is 4.79 Å². The normalized spacial score (nSPS) is 16.4. The summed E-state index contributed by atoms with van der Waals surface area (Å²) in [4.78, 5) is 13.9. The van der Waals surface area contributed by atoms with E-state index in [1.807, 2.05) is 0 Å². The van der Waals surface area contributed by atoms with E-state index in [4.69, 9.17) is 23.2 Å². The number of benzene rings is 1. The Morgan fingerprint density at radius 2 is 1.79 bits per heavy atom. The van der Waals surface area contributed by atoms with Gasteiger partial charge in [0.05, 0.1) is 5.02 Å². The number of carbonyl (C=O) groups excluding carboxylic acids is 1. The largest absolute Gasteiger partial charge is 0.340 e. The van der Waals surface area contributed by atoms with Crippen LogP contribution in [0.3, 0.4) is 0 Å². The summed E-state index contributed by atoms with van der Waals surface area (Å²) in [5.74, 6) is 0.0984. The number of unbranched alkanes of at least 4 members (excludes halogenated alkanes) is 2. The molecule has 1 heterocycles. The molecule has 1 saturated heterocycles. The summed E-state index contributed by atoms with van der Waals surface area (Å²) in [6.45, 7) is 3.44. The third-order valence-corrected chi connectivity index (χ3v) is 6.71. The molecule has 0 spiro atoms. The Bertz CT molecular complexity index is 687. The lowest BCUT2D eigenvalue weighted by Crippen LogP contribution is -2.50. The maximum absolute atomic E-state index is 12.7. The molecule has 1 fully saturated rings. The number of hydrogen-bond donors (Lipinski definition) is 0. The Morgan fingerprint density at radius 1 is 1.12 bits per heavy atom. The van der Waals surface area contributed by atoms with Crippen molar-refractivity contribution in [3.05, 3.63) is 28.2 Å². The summed E-state index contributed by atoms with van der Waals surface area (Å²) in [5, 5.41) is 0.472. The minimum atomic E-state index is -3.71. The molecule has 0 radical (unpaired) electrons. The fourth-order valence-corrected chi connectivity index (χ4v) is 4.84. The van der Waals surface area contributed by atoms with E-state index >= 15 is 0 Å². The van der Waals surface area contributed by atoms with Gasteiger partial charge < -0.3 is 4.90 Å². The third kappa shape index (κ3) is 4.63. The molecule has 0 saturated carbocycles. The SMILES string of the molecule is CCCCCC(=O)N1CCN(S(=O)(=O)c2cc(Cl)ccc2Cl)CC1. The van der Waals surface area contributed by atoms with Gasteiger partial charge in [-0.05, 0) is 24.6 Å². The van der Waals surface area contributed by atoms with Crippen molar-refractivity contribution in [2.45, 2.75) is 37.5 Å². The molecule has 8 heteroatoms. The Morgan fingerprint density at radius 3 is 2.42 bits per heavy atom. The molecule has 134 valence electrons. The minimum Gasteiger partial charge on any atom is -0.340 e. The number of amides is 1. The number of sulfonamides is 1. The highest BCUT2D eigenvalue weighted by atomic mass is 35.5. The van der Waals surface area contributed by atoms with Gasteiger partial charge in [0.2, 0.25) is 15.9 Å². The summed E-state index contributed by atoms with van der Waals surface area (Å²) in [6, 6.07) is 4.39. The van der Waals surface area contributed by atoms with E-state index in [9.17, 15) is 13.2 Å². The third-order valence-electron chi connectivity index (χ3n) is 4.10. The van der Waals surface area contributed by atoms with Crippen molar-refractivity contribution in [3.8, 4) is 0 Å². The molecule has 0 aromatic heterocycles. The van der Waals surface area contributed by atoms with Crippen LogP contribution >= 0.6 is 23.2 Å². The van der Waals surface area contributed by atoms with Gasteiger partial charge in [-0.25, -0.2) is 8.42 Å². The van der Waals surface area contributed by atoms with Crippen LogP contribution < -0.4 is 0 Å². The van der Waals surface area contributed by atoms with Crippen LogP contribution in [0.4, 0.5) is 0 Å². The molecule has 0 bridgehead atoms. The van der Waals surface area contributed by atoms with Crippen LogP contribution in [0.5, 0.6) is 0 Å². The van der Waals surface area contributed by atoms with E-state index < -0.39 is 10.0 Å². The van der Waals surface area contributed by atoms with Crippen LogP contribution in [0.2, 0.25) is 10.0 Å². The fraction of sp³-hybridized carbons (Fsp3) is 0.562. The fourth-order valence-electron chi connectivity index (χ4n) is 2.68. The second-order valence-corrected chi connectivity index (χ2v) is 8.57. The van der Waals surface area contributed by atoms with Crippen LogP contribution in [-0.2, 0) is 14.8 Å². The molecular weight excluding hydrogens is 371 g/mol. The summed E-state index contributed by atoms with van der Waals surface area (Å²) in [5.41, 5.74) is 0. The van der Waals surface area contributed by atoms with Crippen LogP contribution in [0.1, 0.15) is 32.6 Å². The highest BCUT2D eigenvalue weighted by Gasteiger charge is 2.31. The van der Waals surface area contributed by atoms with E-state index in [1.54, 1.807) is 11.0 Å². The average molecular weight is 393 g/mol. The maximum atomic E-state index is 12.7. The average Bonchev–Trinajstić information content (AvgIpc) is 2.57. The van der Waals surface area contributed by atoms with Crippen molar-refractivity contribution in [1.82, 2.24) is 9.21 Å². The molecule has 24 heavy (non-hydrogen) atoms. The van der Waals surface area contributed by atoms with Gasteiger partial charge in [0, 0.05) is 37.6 Å². The Kier molecular flexibility index (Phi) is 6.92. The Hall–Kier alpha value is -0.820.